The molecule has 2 amide bonds. The van der Waals surface area contributed by atoms with Crippen LogP contribution in [0.15, 0.2) is 0 Å². The highest BCUT2D eigenvalue weighted by Gasteiger charge is 2.37. The Hall–Kier alpha value is -0.810. The summed E-state index contributed by atoms with van der Waals surface area (Å²) in [4.78, 5) is 24.2. The molecule has 0 bridgehead atoms. The van der Waals surface area contributed by atoms with Crippen LogP contribution in [0.3, 0.4) is 0 Å². The van der Waals surface area contributed by atoms with Crippen LogP contribution in [0.2, 0.25) is 0 Å². The van der Waals surface area contributed by atoms with Crippen molar-refractivity contribution in [1.29, 1.82) is 0 Å². The van der Waals surface area contributed by atoms with Gasteiger partial charge in [0.25, 0.3) is 0 Å². The summed E-state index contributed by atoms with van der Waals surface area (Å²) in [6, 6.07) is 0. The van der Waals surface area contributed by atoms with Crippen LogP contribution in [-0.2, 0) is 9.59 Å². The summed E-state index contributed by atoms with van der Waals surface area (Å²) in [6.07, 6.45) is 10.8. The molecule has 2 aliphatic rings. The zero-order chi connectivity index (χ0) is 16.7. The van der Waals surface area contributed by atoms with Gasteiger partial charge in [0.2, 0.25) is 11.8 Å². The molecule has 2 saturated carbocycles. The molecule has 6 heteroatoms. The predicted molar refractivity (Wildman–Crippen MR) is 99.0 cm³/mol. The number of hydrogen-bond donors (Lipinski definition) is 3. The van der Waals surface area contributed by atoms with E-state index in [9.17, 15) is 9.59 Å². The molecule has 140 valence electrons. The Morgan fingerprint density at radius 3 is 2.29 bits per heavy atom. The lowest BCUT2D eigenvalue weighted by molar-refractivity contribution is -0.128. The van der Waals surface area contributed by atoms with Gasteiger partial charge in [-0.1, -0.05) is 32.1 Å². The second kappa shape index (κ2) is 10.2. The van der Waals surface area contributed by atoms with Crippen LogP contribution in [-0.4, -0.2) is 30.4 Å². The molecule has 2 unspecified atom stereocenters. The van der Waals surface area contributed by atoms with Gasteiger partial charge < -0.3 is 16.4 Å². The number of amides is 2. The Bertz CT molecular complexity index is 409. The van der Waals surface area contributed by atoms with Gasteiger partial charge in [0.05, 0.1) is 5.92 Å². The molecule has 2 rings (SSSR count). The van der Waals surface area contributed by atoms with Gasteiger partial charge in [-0.2, -0.15) is 0 Å². The normalized spacial score (nSPS) is 27.8. The van der Waals surface area contributed by atoms with Gasteiger partial charge >= 0.3 is 0 Å². The van der Waals surface area contributed by atoms with E-state index in [1.165, 1.54) is 32.1 Å². The third-order valence-electron chi connectivity index (χ3n) is 5.52. The van der Waals surface area contributed by atoms with Crippen molar-refractivity contribution in [1.82, 2.24) is 10.6 Å². The summed E-state index contributed by atoms with van der Waals surface area (Å²) < 4.78 is 0. The summed E-state index contributed by atoms with van der Waals surface area (Å²) in [5.74, 6) is 0.608. The van der Waals surface area contributed by atoms with Crippen molar-refractivity contribution in [3.63, 3.8) is 0 Å². The zero-order valence-corrected chi connectivity index (χ0v) is 15.8. The Morgan fingerprint density at radius 1 is 1.00 bits per heavy atom. The Kier molecular flexibility index (Phi) is 9.06. The molecular weight excluding hydrogens is 326 g/mol. The molecule has 0 saturated heterocycles. The molecule has 24 heavy (non-hydrogen) atoms. The lowest BCUT2D eigenvalue weighted by Gasteiger charge is -2.37. The molecule has 2 atom stereocenters. The van der Waals surface area contributed by atoms with E-state index in [-0.39, 0.29) is 30.1 Å². The second-order valence-electron chi connectivity index (χ2n) is 7.65. The molecule has 5 nitrogen and oxygen atoms in total. The monoisotopic (exact) mass is 359 g/mol. The maximum atomic E-state index is 12.3. The van der Waals surface area contributed by atoms with E-state index in [0.717, 1.165) is 25.7 Å². The first-order valence-electron chi connectivity index (χ1n) is 9.32. The molecule has 0 aromatic carbocycles. The van der Waals surface area contributed by atoms with Crippen LogP contribution in [0.25, 0.3) is 0 Å². The maximum Gasteiger partial charge on any atom is 0.225 e. The minimum Gasteiger partial charge on any atom is -0.354 e. The van der Waals surface area contributed by atoms with E-state index in [2.05, 4.69) is 10.6 Å². The average molecular weight is 360 g/mol. The van der Waals surface area contributed by atoms with E-state index in [1.54, 1.807) is 0 Å². The molecule has 4 N–H and O–H groups in total. The number of carbonyl (C=O) groups excluding carboxylic acids is 2. The van der Waals surface area contributed by atoms with Gasteiger partial charge in [0.15, 0.2) is 0 Å². The van der Waals surface area contributed by atoms with Crippen LogP contribution >= 0.6 is 12.4 Å². The predicted octanol–water partition coefficient (Wildman–Crippen LogP) is 2.52. The molecular formula is C18H34ClN3O2. The fourth-order valence-electron chi connectivity index (χ4n) is 4.03. The fraction of sp³-hybridized carbons (Fsp3) is 0.889. The first-order valence-corrected chi connectivity index (χ1v) is 9.32. The molecule has 2 aliphatic carbocycles. The highest BCUT2D eigenvalue weighted by Crippen LogP contribution is 2.31. The lowest BCUT2D eigenvalue weighted by Crippen LogP contribution is -2.53. The molecule has 0 spiro atoms. The van der Waals surface area contributed by atoms with Crippen molar-refractivity contribution in [2.45, 2.75) is 76.7 Å². The summed E-state index contributed by atoms with van der Waals surface area (Å²) in [5, 5.41) is 5.86. The zero-order valence-electron chi connectivity index (χ0n) is 14.9. The maximum absolute atomic E-state index is 12.3. The van der Waals surface area contributed by atoms with E-state index >= 15 is 0 Å². The Labute approximate surface area is 152 Å². The van der Waals surface area contributed by atoms with E-state index in [1.807, 2.05) is 6.92 Å². The quantitative estimate of drug-likeness (QED) is 0.637. The number of hydrogen-bond acceptors (Lipinski definition) is 3. The first kappa shape index (κ1) is 21.2. The minimum absolute atomic E-state index is 0. The lowest BCUT2D eigenvalue weighted by atomic mass is 9.74. The van der Waals surface area contributed by atoms with Gasteiger partial charge in [0, 0.05) is 25.0 Å². The average Bonchev–Trinajstić information content (AvgIpc) is 2.52. The first-order chi connectivity index (χ1) is 11.0. The van der Waals surface area contributed by atoms with Crippen LogP contribution < -0.4 is 16.4 Å². The molecule has 0 heterocycles. The van der Waals surface area contributed by atoms with Crippen molar-refractivity contribution in [2.24, 2.45) is 17.6 Å². The van der Waals surface area contributed by atoms with E-state index < -0.39 is 5.54 Å². The summed E-state index contributed by atoms with van der Waals surface area (Å²) in [5.41, 5.74) is 5.85. The van der Waals surface area contributed by atoms with E-state index in [4.69, 9.17) is 5.73 Å². The van der Waals surface area contributed by atoms with Crippen molar-refractivity contribution in [3.8, 4) is 0 Å². The van der Waals surface area contributed by atoms with Crippen LogP contribution in [0.4, 0.5) is 0 Å². The minimum atomic E-state index is -0.396. The number of carbonyl (C=O) groups is 2. The van der Waals surface area contributed by atoms with Gasteiger partial charge in [-0.05, 0) is 38.5 Å². The highest BCUT2D eigenvalue weighted by molar-refractivity contribution is 5.85. The van der Waals surface area contributed by atoms with Crippen molar-refractivity contribution >= 4 is 24.2 Å². The number of nitrogens with one attached hydrogen (secondary N) is 2. The number of nitrogens with two attached hydrogens (primary N) is 1. The van der Waals surface area contributed by atoms with Gasteiger partial charge in [-0.3, -0.25) is 9.59 Å². The summed E-state index contributed by atoms with van der Waals surface area (Å²) in [7, 11) is 0. The van der Waals surface area contributed by atoms with Crippen molar-refractivity contribution in [2.75, 3.05) is 13.1 Å². The van der Waals surface area contributed by atoms with Crippen molar-refractivity contribution < 1.29 is 9.59 Å². The molecule has 0 aromatic rings. The second-order valence-corrected chi connectivity index (χ2v) is 7.65. The largest absolute Gasteiger partial charge is 0.354 e. The third-order valence-corrected chi connectivity index (χ3v) is 5.52. The number of rotatable bonds is 6. The Morgan fingerprint density at radius 2 is 1.62 bits per heavy atom. The highest BCUT2D eigenvalue weighted by atomic mass is 35.5. The topological polar surface area (TPSA) is 84.2 Å². The standard InChI is InChI=1S/C18H33N3O2.ClH/c1-18(19)10-6-5-9-15(18)17(23)21-12-11-20-16(22)13-14-7-3-2-4-8-14;/h14-15H,2-13,19H2,1H3,(H,20,22)(H,21,23);1H. The van der Waals surface area contributed by atoms with Crippen LogP contribution in [0, 0.1) is 11.8 Å². The van der Waals surface area contributed by atoms with Crippen LogP contribution in [0.1, 0.15) is 71.1 Å². The van der Waals surface area contributed by atoms with E-state index in [0.29, 0.717) is 25.4 Å². The van der Waals surface area contributed by atoms with Gasteiger partial charge in [0.1, 0.15) is 0 Å². The summed E-state index contributed by atoms with van der Waals surface area (Å²) >= 11 is 0. The van der Waals surface area contributed by atoms with Crippen molar-refractivity contribution in [3.05, 3.63) is 0 Å². The third kappa shape index (κ3) is 6.60. The fourth-order valence-corrected chi connectivity index (χ4v) is 4.03. The SMILES string of the molecule is CC1(N)CCCCC1C(=O)NCCNC(=O)CC1CCCCC1.Cl. The molecule has 0 aromatic heterocycles. The molecule has 2 fully saturated rings. The Balaban J connectivity index is 0.00000288. The number of halogens is 1. The summed E-state index contributed by atoms with van der Waals surface area (Å²) in [6.45, 7) is 2.97. The van der Waals surface area contributed by atoms with Gasteiger partial charge in [-0.25, -0.2) is 0 Å². The van der Waals surface area contributed by atoms with Gasteiger partial charge in [-0.15, -0.1) is 12.4 Å². The van der Waals surface area contributed by atoms with Crippen LogP contribution in [0.5, 0.6) is 0 Å². The molecule has 0 aliphatic heterocycles. The smallest absolute Gasteiger partial charge is 0.225 e. The molecule has 0 radical (unpaired) electrons.